The van der Waals surface area contributed by atoms with Crippen molar-refractivity contribution in [3.63, 3.8) is 0 Å². The number of anilines is 1. The Balaban J connectivity index is 1.85. The zero-order valence-corrected chi connectivity index (χ0v) is 16.4. The molecule has 130 valence electrons. The van der Waals surface area contributed by atoms with Crippen molar-refractivity contribution in [2.24, 2.45) is 0 Å². The third-order valence-electron chi connectivity index (χ3n) is 3.43. The first-order chi connectivity index (χ1) is 11.7. The van der Waals surface area contributed by atoms with Crippen LogP contribution in [0.3, 0.4) is 0 Å². The van der Waals surface area contributed by atoms with Crippen molar-refractivity contribution in [2.75, 3.05) is 11.6 Å². The Hall–Kier alpha value is -1.74. The number of sulfone groups is 1. The van der Waals surface area contributed by atoms with Gasteiger partial charge in [0.05, 0.1) is 19.8 Å². The number of aryl methyl sites for hydroxylation is 1. The molecule has 0 fully saturated rings. The third-order valence-corrected chi connectivity index (χ3v) is 6.55. The standard InChI is InChI=1S/C16H13ClN2O3S3/c1-9-3-4-10(25(2,21)22)7-11(9)15(20)19-16-18-12(8-23-16)13-5-6-14(17)24-13/h3-8H,1-2H3,(H,18,19,20). The van der Waals surface area contributed by atoms with Gasteiger partial charge in [-0.2, -0.15) is 0 Å². The Morgan fingerprint density at radius 3 is 2.64 bits per heavy atom. The molecule has 3 aromatic rings. The fraction of sp³-hybridized carbons (Fsp3) is 0.125. The summed E-state index contributed by atoms with van der Waals surface area (Å²) in [6, 6.07) is 8.15. The Kier molecular flexibility index (Phi) is 4.97. The third kappa shape index (κ3) is 4.09. The second kappa shape index (κ2) is 6.87. The normalized spacial score (nSPS) is 11.5. The first kappa shape index (κ1) is 18.1. The van der Waals surface area contributed by atoms with Crippen LogP contribution < -0.4 is 5.32 Å². The molecular formula is C16H13ClN2O3S3. The number of thiophene rings is 1. The van der Waals surface area contributed by atoms with Gasteiger partial charge in [-0.15, -0.1) is 22.7 Å². The number of hydrogen-bond acceptors (Lipinski definition) is 6. The van der Waals surface area contributed by atoms with Crippen molar-refractivity contribution in [3.05, 3.63) is 51.2 Å². The van der Waals surface area contributed by atoms with E-state index in [1.165, 1.54) is 34.8 Å². The molecule has 0 radical (unpaired) electrons. The van der Waals surface area contributed by atoms with Crippen LogP contribution in [0, 0.1) is 6.92 Å². The Bertz CT molecular complexity index is 1050. The van der Waals surface area contributed by atoms with Crippen molar-refractivity contribution in [2.45, 2.75) is 11.8 Å². The van der Waals surface area contributed by atoms with Gasteiger partial charge in [-0.25, -0.2) is 13.4 Å². The summed E-state index contributed by atoms with van der Waals surface area (Å²) in [6.45, 7) is 1.75. The van der Waals surface area contributed by atoms with E-state index in [9.17, 15) is 13.2 Å². The van der Waals surface area contributed by atoms with Gasteiger partial charge in [0.1, 0.15) is 0 Å². The van der Waals surface area contributed by atoms with Crippen molar-refractivity contribution in [1.29, 1.82) is 0 Å². The number of amides is 1. The molecule has 0 saturated heterocycles. The zero-order valence-electron chi connectivity index (χ0n) is 13.2. The maximum atomic E-state index is 12.5. The number of hydrogen-bond donors (Lipinski definition) is 1. The molecule has 5 nitrogen and oxygen atoms in total. The van der Waals surface area contributed by atoms with E-state index in [0.717, 1.165) is 16.8 Å². The highest BCUT2D eigenvalue weighted by molar-refractivity contribution is 7.90. The molecule has 3 rings (SSSR count). The lowest BCUT2D eigenvalue weighted by Crippen LogP contribution is -2.14. The molecule has 2 heterocycles. The van der Waals surface area contributed by atoms with Crippen LogP contribution in [0.1, 0.15) is 15.9 Å². The van der Waals surface area contributed by atoms with E-state index in [4.69, 9.17) is 11.6 Å². The molecular weight excluding hydrogens is 400 g/mol. The van der Waals surface area contributed by atoms with E-state index in [1.54, 1.807) is 19.1 Å². The fourth-order valence-electron chi connectivity index (χ4n) is 2.14. The Morgan fingerprint density at radius 1 is 1.24 bits per heavy atom. The second-order valence-electron chi connectivity index (χ2n) is 5.34. The quantitative estimate of drug-likeness (QED) is 0.684. The minimum Gasteiger partial charge on any atom is -0.298 e. The topological polar surface area (TPSA) is 76.1 Å². The van der Waals surface area contributed by atoms with Gasteiger partial charge in [0.25, 0.3) is 5.91 Å². The minimum atomic E-state index is -3.38. The molecule has 9 heteroatoms. The highest BCUT2D eigenvalue weighted by atomic mass is 35.5. The maximum Gasteiger partial charge on any atom is 0.257 e. The van der Waals surface area contributed by atoms with E-state index in [-0.39, 0.29) is 4.90 Å². The number of benzene rings is 1. The summed E-state index contributed by atoms with van der Waals surface area (Å²) in [5, 5.41) is 4.99. The highest BCUT2D eigenvalue weighted by Gasteiger charge is 2.16. The summed E-state index contributed by atoms with van der Waals surface area (Å²) < 4.78 is 24.0. The molecule has 1 aromatic carbocycles. The van der Waals surface area contributed by atoms with E-state index in [0.29, 0.717) is 20.6 Å². The van der Waals surface area contributed by atoms with Crippen LogP contribution >= 0.6 is 34.3 Å². The van der Waals surface area contributed by atoms with Gasteiger partial charge < -0.3 is 0 Å². The van der Waals surface area contributed by atoms with Gasteiger partial charge in [0.2, 0.25) is 0 Å². The highest BCUT2D eigenvalue weighted by Crippen LogP contribution is 2.33. The molecule has 0 unspecified atom stereocenters. The van der Waals surface area contributed by atoms with Crippen LogP contribution in [-0.2, 0) is 9.84 Å². The van der Waals surface area contributed by atoms with Crippen molar-refractivity contribution in [1.82, 2.24) is 4.98 Å². The number of carbonyl (C=O) groups excluding carboxylic acids is 1. The molecule has 0 saturated carbocycles. The van der Waals surface area contributed by atoms with Crippen molar-refractivity contribution < 1.29 is 13.2 Å². The van der Waals surface area contributed by atoms with E-state index >= 15 is 0 Å². The summed E-state index contributed by atoms with van der Waals surface area (Å²) in [7, 11) is -3.38. The maximum absolute atomic E-state index is 12.5. The van der Waals surface area contributed by atoms with E-state index in [1.807, 2.05) is 11.4 Å². The molecule has 0 aliphatic heterocycles. The molecule has 0 atom stereocenters. The van der Waals surface area contributed by atoms with Gasteiger partial charge in [0, 0.05) is 17.2 Å². The molecule has 2 aromatic heterocycles. The van der Waals surface area contributed by atoms with E-state index in [2.05, 4.69) is 10.3 Å². The molecule has 1 amide bonds. The van der Waals surface area contributed by atoms with Crippen LogP contribution in [0.15, 0.2) is 40.6 Å². The number of thiazole rings is 1. The molecule has 1 N–H and O–H groups in total. The van der Waals surface area contributed by atoms with Gasteiger partial charge >= 0.3 is 0 Å². The van der Waals surface area contributed by atoms with Crippen LogP contribution in [0.2, 0.25) is 4.34 Å². The predicted octanol–water partition coefficient (Wildman–Crippen LogP) is 4.49. The number of aromatic nitrogens is 1. The second-order valence-corrected chi connectivity index (χ2v) is 9.93. The Morgan fingerprint density at radius 2 is 2.00 bits per heavy atom. The predicted molar refractivity (Wildman–Crippen MR) is 103 cm³/mol. The number of rotatable bonds is 4. The Labute approximate surface area is 158 Å². The van der Waals surface area contributed by atoms with Gasteiger partial charge in [0.15, 0.2) is 15.0 Å². The smallest absolute Gasteiger partial charge is 0.257 e. The van der Waals surface area contributed by atoms with Gasteiger partial charge in [-0.1, -0.05) is 17.7 Å². The van der Waals surface area contributed by atoms with E-state index < -0.39 is 15.7 Å². The summed E-state index contributed by atoms with van der Waals surface area (Å²) in [5.41, 5.74) is 1.73. The lowest BCUT2D eigenvalue weighted by Gasteiger charge is -2.07. The molecule has 25 heavy (non-hydrogen) atoms. The first-order valence-corrected chi connectivity index (χ1v) is 11.0. The SMILES string of the molecule is Cc1ccc(S(C)(=O)=O)cc1C(=O)Nc1nc(-c2ccc(Cl)s2)cs1. The molecule has 0 spiro atoms. The monoisotopic (exact) mass is 412 g/mol. The summed E-state index contributed by atoms with van der Waals surface area (Å²) in [4.78, 5) is 17.9. The van der Waals surface area contributed by atoms with Crippen molar-refractivity contribution >= 4 is 55.2 Å². The summed E-state index contributed by atoms with van der Waals surface area (Å²) >= 11 is 8.63. The lowest BCUT2D eigenvalue weighted by atomic mass is 10.1. The average Bonchev–Trinajstić information content (AvgIpc) is 3.15. The molecule has 0 aliphatic carbocycles. The minimum absolute atomic E-state index is 0.108. The number of nitrogens with one attached hydrogen (secondary N) is 1. The number of carbonyl (C=O) groups is 1. The van der Waals surface area contributed by atoms with Crippen LogP contribution in [0.25, 0.3) is 10.6 Å². The zero-order chi connectivity index (χ0) is 18.2. The first-order valence-electron chi connectivity index (χ1n) is 7.07. The number of nitrogens with zero attached hydrogens (tertiary/aromatic N) is 1. The van der Waals surface area contributed by atoms with Crippen LogP contribution in [-0.4, -0.2) is 25.6 Å². The number of halogens is 1. The molecule has 0 bridgehead atoms. The largest absolute Gasteiger partial charge is 0.298 e. The van der Waals surface area contributed by atoms with Crippen molar-refractivity contribution in [3.8, 4) is 10.6 Å². The van der Waals surface area contributed by atoms with Crippen LogP contribution in [0.5, 0.6) is 0 Å². The fourth-order valence-corrected chi connectivity index (χ4v) is 4.57. The summed E-state index contributed by atoms with van der Waals surface area (Å²) in [6.07, 6.45) is 1.11. The molecule has 0 aliphatic rings. The average molecular weight is 413 g/mol. The van der Waals surface area contributed by atoms with Crippen LogP contribution in [0.4, 0.5) is 5.13 Å². The van der Waals surface area contributed by atoms with Gasteiger partial charge in [-0.05, 0) is 36.8 Å². The van der Waals surface area contributed by atoms with Gasteiger partial charge in [-0.3, -0.25) is 10.1 Å². The summed E-state index contributed by atoms with van der Waals surface area (Å²) in [5.74, 6) is -0.395. The lowest BCUT2D eigenvalue weighted by molar-refractivity contribution is 0.102.